The number of amides is 1. The lowest BCUT2D eigenvalue weighted by Crippen LogP contribution is -2.20. The molecule has 0 bridgehead atoms. The summed E-state index contributed by atoms with van der Waals surface area (Å²) >= 11 is 5.60. The monoisotopic (exact) mass is 293 g/mol. The Morgan fingerprint density at radius 3 is 2.80 bits per heavy atom. The topological polar surface area (TPSA) is 59.3 Å². The number of aryl methyl sites for hydroxylation is 1. The molecule has 0 radical (unpaired) electrons. The zero-order chi connectivity index (χ0) is 14.3. The van der Waals surface area contributed by atoms with Crippen molar-refractivity contribution in [2.75, 3.05) is 5.32 Å². The smallest absolute Gasteiger partial charge is 0.231 e. The highest BCUT2D eigenvalue weighted by atomic mass is 35.5. The van der Waals surface area contributed by atoms with Gasteiger partial charge in [-0.3, -0.25) is 9.59 Å². The minimum Gasteiger partial charge on any atom is -0.441 e. The molecular weight excluding hydrogens is 285 g/mol. The number of nitrogens with one attached hydrogen (secondary N) is 1. The Hall–Kier alpha value is -2.14. The molecule has 0 unspecified atom stereocenters. The van der Waals surface area contributed by atoms with Crippen molar-refractivity contribution < 1.29 is 18.4 Å². The summed E-state index contributed by atoms with van der Waals surface area (Å²) in [6, 6.07) is 5.42. The second kappa shape index (κ2) is 4.76. The molecule has 1 aliphatic rings. The summed E-state index contributed by atoms with van der Waals surface area (Å²) < 4.78 is 19.0. The summed E-state index contributed by atoms with van der Waals surface area (Å²) in [5.41, 5.74) is 1.05. The first-order valence-electron chi connectivity index (χ1n) is 5.97. The quantitative estimate of drug-likeness (QED) is 0.865. The fraction of sp³-hybridized carbons (Fsp3) is 0.143. The van der Waals surface area contributed by atoms with Crippen LogP contribution in [0.15, 0.2) is 28.7 Å². The molecule has 4 nitrogen and oxygen atoms in total. The van der Waals surface area contributed by atoms with Gasteiger partial charge in [-0.2, -0.15) is 0 Å². The van der Waals surface area contributed by atoms with Crippen LogP contribution in [0.5, 0.6) is 0 Å². The fourth-order valence-corrected chi connectivity index (χ4v) is 2.29. The predicted molar refractivity (Wildman–Crippen MR) is 70.5 cm³/mol. The summed E-state index contributed by atoms with van der Waals surface area (Å²) in [6.07, 6.45) is 0.791. The van der Waals surface area contributed by atoms with E-state index in [-0.39, 0.29) is 22.5 Å². The van der Waals surface area contributed by atoms with Gasteiger partial charge in [0.05, 0.1) is 5.56 Å². The fourth-order valence-electron chi connectivity index (χ4n) is 2.15. The highest BCUT2D eigenvalue weighted by Gasteiger charge is 2.22. The first-order valence-corrected chi connectivity index (χ1v) is 6.34. The maximum Gasteiger partial charge on any atom is 0.231 e. The second-order valence-electron chi connectivity index (χ2n) is 4.47. The molecular formula is C14H9ClFNO3. The van der Waals surface area contributed by atoms with E-state index in [1.807, 2.05) is 0 Å². The van der Waals surface area contributed by atoms with Crippen LogP contribution >= 0.6 is 11.6 Å². The van der Waals surface area contributed by atoms with Crippen LogP contribution in [0.2, 0.25) is 5.22 Å². The number of carbonyl (C=O) groups is 2. The number of anilines is 1. The Morgan fingerprint density at radius 2 is 2.10 bits per heavy atom. The van der Waals surface area contributed by atoms with Crippen molar-refractivity contribution in [1.82, 2.24) is 0 Å². The number of halogens is 2. The maximum absolute atomic E-state index is 14.0. The molecule has 3 rings (SSSR count). The first kappa shape index (κ1) is 12.9. The van der Waals surface area contributed by atoms with Gasteiger partial charge in [0, 0.05) is 12.1 Å². The molecule has 1 aromatic carbocycles. The van der Waals surface area contributed by atoms with Crippen molar-refractivity contribution in [2.24, 2.45) is 0 Å². The third-order valence-corrected chi connectivity index (χ3v) is 3.33. The van der Waals surface area contributed by atoms with E-state index in [1.54, 1.807) is 0 Å². The van der Waals surface area contributed by atoms with E-state index in [1.165, 1.54) is 18.2 Å². The van der Waals surface area contributed by atoms with Gasteiger partial charge in [0.25, 0.3) is 0 Å². The number of furan rings is 1. The first-order chi connectivity index (χ1) is 9.54. The van der Waals surface area contributed by atoms with Gasteiger partial charge in [0.1, 0.15) is 5.82 Å². The Bertz CT molecular complexity index is 723. The molecule has 0 aliphatic carbocycles. The van der Waals surface area contributed by atoms with Crippen LogP contribution in [0.1, 0.15) is 28.1 Å². The average molecular weight is 294 g/mol. The van der Waals surface area contributed by atoms with Crippen LogP contribution in [0, 0.1) is 5.82 Å². The van der Waals surface area contributed by atoms with Gasteiger partial charge in [-0.25, -0.2) is 4.39 Å². The zero-order valence-corrected chi connectivity index (χ0v) is 11.0. The summed E-state index contributed by atoms with van der Waals surface area (Å²) in [4.78, 5) is 23.4. The molecule has 1 N–H and O–H groups in total. The predicted octanol–water partition coefficient (Wildman–Crippen LogP) is 3.19. The van der Waals surface area contributed by atoms with Crippen molar-refractivity contribution in [3.8, 4) is 0 Å². The molecule has 0 saturated carbocycles. The molecule has 0 saturated heterocycles. The number of fused-ring (bicyclic) bond motifs is 1. The minimum atomic E-state index is -0.705. The number of rotatable bonds is 2. The highest BCUT2D eigenvalue weighted by molar-refractivity contribution is 6.29. The normalized spacial score (nSPS) is 13.8. The molecule has 1 aromatic heterocycles. The minimum absolute atomic E-state index is 0.0197. The van der Waals surface area contributed by atoms with E-state index in [2.05, 4.69) is 5.32 Å². The largest absolute Gasteiger partial charge is 0.441 e. The molecule has 0 fully saturated rings. The summed E-state index contributed by atoms with van der Waals surface area (Å²) in [5.74, 6) is -1.46. The molecule has 2 aromatic rings. The number of benzene rings is 1. The molecule has 20 heavy (non-hydrogen) atoms. The van der Waals surface area contributed by atoms with E-state index in [0.29, 0.717) is 18.5 Å². The molecule has 6 heteroatoms. The van der Waals surface area contributed by atoms with E-state index in [9.17, 15) is 14.0 Å². The lowest BCUT2D eigenvalue weighted by molar-refractivity contribution is -0.116. The number of carbonyl (C=O) groups excluding carboxylic acids is 2. The molecule has 1 amide bonds. The summed E-state index contributed by atoms with van der Waals surface area (Å²) in [7, 11) is 0. The third-order valence-electron chi connectivity index (χ3n) is 3.13. The van der Waals surface area contributed by atoms with Crippen molar-refractivity contribution in [1.29, 1.82) is 0 Å². The Kier molecular flexibility index (Phi) is 3.06. The van der Waals surface area contributed by atoms with E-state index < -0.39 is 11.6 Å². The van der Waals surface area contributed by atoms with Crippen LogP contribution < -0.4 is 5.32 Å². The number of hydrogen-bond donors (Lipinski definition) is 1. The van der Waals surface area contributed by atoms with E-state index in [0.717, 1.165) is 11.6 Å². The summed E-state index contributed by atoms with van der Waals surface area (Å²) in [5, 5.41) is 2.64. The van der Waals surface area contributed by atoms with Crippen molar-refractivity contribution in [2.45, 2.75) is 12.8 Å². The number of hydrogen-bond acceptors (Lipinski definition) is 3. The third kappa shape index (κ3) is 2.20. The van der Waals surface area contributed by atoms with Gasteiger partial charge >= 0.3 is 0 Å². The second-order valence-corrected chi connectivity index (χ2v) is 4.84. The molecule has 2 heterocycles. The van der Waals surface area contributed by atoms with Gasteiger partial charge in [-0.15, -0.1) is 0 Å². The van der Waals surface area contributed by atoms with Crippen LogP contribution in [-0.2, 0) is 11.2 Å². The van der Waals surface area contributed by atoms with Crippen LogP contribution in [0.25, 0.3) is 0 Å². The van der Waals surface area contributed by atoms with Crippen molar-refractivity contribution >= 4 is 29.0 Å². The van der Waals surface area contributed by atoms with E-state index >= 15 is 0 Å². The molecule has 1 aliphatic heterocycles. The van der Waals surface area contributed by atoms with Gasteiger partial charge in [0.15, 0.2) is 11.0 Å². The Balaban J connectivity index is 2.02. The highest BCUT2D eigenvalue weighted by Crippen LogP contribution is 2.27. The van der Waals surface area contributed by atoms with Crippen LogP contribution in [0.4, 0.5) is 10.1 Å². The van der Waals surface area contributed by atoms with Gasteiger partial charge < -0.3 is 9.73 Å². The molecule has 0 spiro atoms. The Morgan fingerprint density at radius 1 is 1.30 bits per heavy atom. The maximum atomic E-state index is 14.0. The zero-order valence-electron chi connectivity index (χ0n) is 10.2. The average Bonchev–Trinajstić information content (AvgIpc) is 2.84. The lowest BCUT2D eigenvalue weighted by atomic mass is 9.97. The van der Waals surface area contributed by atoms with Crippen LogP contribution in [0.3, 0.4) is 0 Å². The van der Waals surface area contributed by atoms with E-state index in [4.69, 9.17) is 16.0 Å². The van der Waals surface area contributed by atoms with Gasteiger partial charge in [-0.1, -0.05) is 0 Å². The van der Waals surface area contributed by atoms with Crippen LogP contribution in [-0.4, -0.2) is 11.7 Å². The van der Waals surface area contributed by atoms with Crippen molar-refractivity contribution in [3.63, 3.8) is 0 Å². The van der Waals surface area contributed by atoms with Gasteiger partial charge in [-0.05, 0) is 47.9 Å². The molecule has 0 atom stereocenters. The number of ketones is 1. The van der Waals surface area contributed by atoms with Gasteiger partial charge in [0.2, 0.25) is 11.7 Å². The standard InChI is InChI=1S/C14H9ClFNO3/c15-12-3-2-11(20-12)14(19)8-5-7-1-4-13(18)17-10(7)6-9(8)16/h2-3,5-6H,1,4H2,(H,17,18). The van der Waals surface area contributed by atoms with Crippen molar-refractivity contribution in [3.05, 3.63) is 52.2 Å². The lowest BCUT2D eigenvalue weighted by Gasteiger charge is -2.17. The SMILES string of the molecule is O=C1CCc2cc(C(=O)c3ccc(Cl)o3)c(F)cc2N1. The summed E-state index contributed by atoms with van der Waals surface area (Å²) in [6.45, 7) is 0. The Labute approximate surface area is 118 Å². The molecule has 102 valence electrons.